The van der Waals surface area contributed by atoms with Crippen LogP contribution in [0.3, 0.4) is 0 Å². The van der Waals surface area contributed by atoms with Gasteiger partial charge in [0, 0.05) is 13.1 Å². The minimum Gasteiger partial charge on any atom is -0.482 e. The van der Waals surface area contributed by atoms with Crippen molar-refractivity contribution in [3.63, 3.8) is 0 Å². The largest absolute Gasteiger partial charge is 0.482 e. The van der Waals surface area contributed by atoms with Crippen LogP contribution in [0.15, 0.2) is 47.4 Å². The number of nitrogens with one attached hydrogen (secondary N) is 2. The van der Waals surface area contributed by atoms with Crippen LogP contribution in [0.1, 0.15) is 43.4 Å². The molecule has 0 aromatic heterocycles. The molecule has 8 nitrogen and oxygen atoms in total. The van der Waals surface area contributed by atoms with Crippen molar-refractivity contribution >= 4 is 27.5 Å². The molecule has 1 saturated heterocycles. The molecule has 2 aromatic rings. The Labute approximate surface area is 188 Å². The first-order chi connectivity index (χ1) is 15.3. The number of hydrogen-bond acceptors (Lipinski definition) is 5. The molecule has 2 aliphatic rings. The van der Waals surface area contributed by atoms with E-state index < -0.39 is 10.0 Å². The average Bonchev–Trinajstić information content (AvgIpc) is 2.79. The van der Waals surface area contributed by atoms with Gasteiger partial charge in [-0.05, 0) is 55.2 Å². The number of sulfonamides is 1. The average molecular weight is 458 g/mol. The van der Waals surface area contributed by atoms with E-state index in [1.54, 1.807) is 36.4 Å². The van der Waals surface area contributed by atoms with E-state index in [9.17, 15) is 18.0 Å². The zero-order chi connectivity index (χ0) is 22.7. The molecule has 0 aliphatic carbocycles. The van der Waals surface area contributed by atoms with Crippen molar-refractivity contribution in [1.82, 2.24) is 9.62 Å². The maximum absolute atomic E-state index is 12.8. The van der Waals surface area contributed by atoms with Crippen molar-refractivity contribution in [2.45, 2.75) is 43.5 Å². The Bertz CT molecular complexity index is 1110. The first kappa shape index (κ1) is 22.3. The molecule has 9 heteroatoms. The van der Waals surface area contributed by atoms with Gasteiger partial charge in [-0.3, -0.25) is 9.59 Å². The smallest absolute Gasteiger partial charge is 0.262 e. The Morgan fingerprint density at radius 1 is 1.12 bits per heavy atom. The van der Waals surface area contributed by atoms with Crippen molar-refractivity contribution in [2.24, 2.45) is 0 Å². The number of rotatable bonds is 6. The Kier molecular flexibility index (Phi) is 6.48. The minimum atomic E-state index is -3.48. The maximum atomic E-state index is 12.8. The van der Waals surface area contributed by atoms with Crippen LogP contribution in [0.2, 0.25) is 0 Å². The zero-order valence-corrected chi connectivity index (χ0v) is 18.8. The predicted octanol–water partition coefficient (Wildman–Crippen LogP) is 2.61. The van der Waals surface area contributed by atoms with Crippen molar-refractivity contribution < 1.29 is 22.7 Å². The van der Waals surface area contributed by atoms with Crippen LogP contribution >= 0.6 is 0 Å². The Balaban J connectivity index is 1.37. The summed E-state index contributed by atoms with van der Waals surface area (Å²) in [6.45, 7) is 2.97. The molecule has 1 atom stereocenters. The fourth-order valence-electron chi connectivity index (χ4n) is 3.96. The molecule has 170 valence electrons. The number of carbonyl (C=O) groups is 2. The lowest BCUT2D eigenvalue weighted by atomic mass is 10.1. The van der Waals surface area contributed by atoms with Crippen LogP contribution in [0.4, 0.5) is 5.69 Å². The lowest BCUT2D eigenvalue weighted by molar-refractivity contribution is -0.121. The molecule has 0 saturated carbocycles. The SMILES string of the molecule is CC(NC(=O)Cc1ccc(S(=O)(=O)N2CCCCC2)cc1)c1ccc2c(c1)NC(=O)CO2. The van der Waals surface area contributed by atoms with Gasteiger partial charge in [0.15, 0.2) is 6.61 Å². The third kappa shape index (κ3) is 4.94. The molecule has 2 aliphatic heterocycles. The quantitative estimate of drug-likeness (QED) is 0.694. The van der Waals surface area contributed by atoms with Crippen molar-refractivity contribution in [3.8, 4) is 5.75 Å². The molecule has 0 radical (unpaired) electrons. The van der Waals surface area contributed by atoms with Gasteiger partial charge in [-0.25, -0.2) is 8.42 Å². The summed E-state index contributed by atoms with van der Waals surface area (Å²) < 4.78 is 32.4. The minimum absolute atomic E-state index is 0.00322. The van der Waals surface area contributed by atoms with E-state index in [0.717, 1.165) is 30.4 Å². The van der Waals surface area contributed by atoms with Gasteiger partial charge in [0.25, 0.3) is 5.91 Å². The van der Waals surface area contributed by atoms with Gasteiger partial charge >= 0.3 is 0 Å². The summed E-state index contributed by atoms with van der Waals surface area (Å²) >= 11 is 0. The monoisotopic (exact) mass is 457 g/mol. The van der Waals surface area contributed by atoms with Crippen LogP contribution in [-0.2, 0) is 26.0 Å². The number of ether oxygens (including phenoxy) is 1. The van der Waals surface area contributed by atoms with E-state index in [0.29, 0.717) is 24.5 Å². The second-order valence-corrected chi connectivity index (χ2v) is 10.1. The first-order valence-electron chi connectivity index (χ1n) is 10.8. The fourth-order valence-corrected chi connectivity index (χ4v) is 5.48. The first-order valence-corrected chi connectivity index (χ1v) is 12.2. The standard InChI is InChI=1S/C23H27N3O5S/c1-16(18-7-10-21-20(14-18)25-23(28)15-31-21)24-22(27)13-17-5-8-19(9-6-17)32(29,30)26-11-3-2-4-12-26/h5-10,14,16H,2-4,11-13,15H2,1H3,(H,24,27)(H,25,28). The highest BCUT2D eigenvalue weighted by Gasteiger charge is 2.26. The van der Waals surface area contributed by atoms with E-state index >= 15 is 0 Å². The van der Waals surface area contributed by atoms with E-state index in [4.69, 9.17) is 4.74 Å². The van der Waals surface area contributed by atoms with Crippen LogP contribution in [0.5, 0.6) is 5.75 Å². The number of benzene rings is 2. The number of piperidine rings is 1. The van der Waals surface area contributed by atoms with Gasteiger partial charge in [-0.2, -0.15) is 4.31 Å². The molecular formula is C23H27N3O5S. The molecule has 2 N–H and O–H groups in total. The highest BCUT2D eigenvalue weighted by Crippen LogP contribution is 2.30. The van der Waals surface area contributed by atoms with Gasteiger partial charge in [0.2, 0.25) is 15.9 Å². The number of hydrogen-bond donors (Lipinski definition) is 2. The highest BCUT2D eigenvalue weighted by molar-refractivity contribution is 7.89. The van der Waals surface area contributed by atoms with E-state index in [1.807, 2.05) is 13.0 Å². The molecule has 1 unspecified atom stereocenters. The normalized spacial score (nSPS) is 17.6. The molecule has 2 aromatic carbocycles. The number of nitrogens with zero attached hydrogens (tertiary/aromatic N) is 1. The highest BCUT2D eigenvalue weighted by atomic mass is 32.2. The Morgan fingerprint density at radius 2 is 1.84 bits per heavy atom. The molecule has 32 heavy (non-hydrogen) atoms. The maximum Gasteiger partial charge on any atom is 0.262 e. The summed E-state index contributed by atoms with van der Waals surface area (Å²) in [6, 6.07) is 11.7. The lowest BCUT2D eigenvalue weighted by Gasteiger charge is -2.25. The number of amides is 2. The topological polar surface area (TPSA) is 105 Å². The predicted molar refractivity (Wildman–Crippen MR) is 120 cm³/mol. The number of fused-ring (bicyclic) bond motifs is 1. The summed E-state index contributed by atoms with van der Waals surface area (Å²) in [5.41, 5.74) is 2.16. The molecule has 4 rings (SSSR count). The molecule has 1 fully saturated rings. The van der Waals surface area contributed by atoms with Crippen LogP contribution in [0.25, 0.3) is 0 Å². The van der Waals surface area contributed by atoms with Crippen molar-refractivity contribution in [1.29, 1.82) is 0 Å². The van der Waals surface area contributed by atoms with E-state index in [2.05, 4.69) is 10.6 Å². The van der Waals surface area contributed by atoms with E-state index in [-0.39, 0.29) is 35.8 Å². The third-order valence-corrected chi connectivity index (χ3v) is 7.67. The second kappa shape index (κ2) is 9.30. The van der Waals surface area contributed by atoms with Gasteiger partial charge in [0.05, 0.1) is 23.0 Å². The summed E-state index contributed by atoms with van der Waals surface area (Å²) in [5.74, 6) is 0.214. The Hall–Kier alpha value is -2.91. The summed E-state index contributed by atoms with van der Waals surface area (Å²) in [4.78, 5) is 24.3. The van der Waals surface area contributed by atoms with Crippen LogP contribution in [0, 0.1) is 0 Å². The second-order valence-electron chi connectivity index (χ2n) is 8.17. The van der Waals surface area contributed by atoms with Gasteiger partial charge < -0.3 is 15.4 Å². The van der Waals surface area contributed by atoms with Crippen LogP contribution < -0.4 is 15.4 Å². The molecule has 0 bridgehead atoms. The molecule has 2 amide bonds. The number of anilines is 1. The zero-order valence-electron chi connectivity index (χ0n) is 18.0. The molecule has 2 heterocycles. The summed E-state index contributed by atoms with van der Waals surface area (Å²) in [6.07, 6.45) is 2.98. The lowest BCUT2D eigenvalue weighted by Crippen LogP contribution is -2.35. The van der Waals surface area contributed by atoms with Gasteiger partial charge in [0.1, 0.15) is 5.75 Å². The molecular weight excluding hydrogens is 430 g/mol. The third-order valence-electron chi connectivity index (χ3n) is 5.75. The molecule has 0 spiro atoms. The van der Waals surface area contributed by atoms with E-state index in [1.165, 1.54) is 4.31 Å². The van der Waals surface area contributed by atoms with Crippen LogP contribution in [-0.4, -0.2) is 44.2 Å². The Morgan fingerprint density at radius 3 is 2.56 bits per heavy atom. The summed E-state index contributed by atoms with van der Waals surface area (Å²) in [5, 5.41) is 5.70. The fraction of sp³-hybridized carbons (Fsp3) is 0.391. The summed E-state index contributed by atoms with van der Waals surface area (Å²) in [7, 11) is -3.48. The van der Waals surface area contributed by atoms with Gasteiger partial charge in [-0.1, -0.05) is 24.6 Å². The van der Waals surface area contributed by atoms with Gasteiger partial charge in [-0.15, -0.1) is 0 Å². The van der Waals surface area contributed by atoms with Crippen molar-refractivity contribution in [3.05, 3.63) is 53.6 Å². The number of carbonyl (C=O) groups excluding carboxylic acids is 2. The van der Waals surface area contributed by atoms with Crippen molar-refractivity contribution in [2.75, 3.05) is 25.0 Å².